The first-order chi connectivity index (χ1) is 11.1. The molecule has 6 N–H and O–H groups in total. The Kier molecular flexibility index (Phi) is 8.81. The van der Waals surface area contributed by atoms with Crippen LogP contribution in [-0.2, 0) is 38.5 Å². The minimum absolute atomic E-state index is 0. The van der Waals surface area contributed by atoms with Gasteiger partial charge in [-0.15, -0.1) is 0 Å². The van der Waals surface area contributed by atoms with Crippen LogP contribution in [0.4, 0.5) is 0 Å². The van der Waals surface area contributed by atoms with Gasteiger partial charge in [0.25, 0.3) is 0 Å². The number of hydrogen-bond acceptors (Lipinski definition) is 12. The zero-order valence-corrected chi connectivity index (χ0v) is 15.5. The summed E-state index contributed by atoms with van der Waals surface area (Å²) < 4.78 is 8.51. The Labute approximate surface area is 152 Å². The molecule has 13 heteroatoms. The molecule has 2 heterocycles. The van der Waals surface area contributed by atoms with E-state index >= 15 is 0 Å². The predicted molar refractivity (Wildman–Crippen MR) is 65.3 cm³/mol. The Morgan fingerprint density at radius 1 is 0.840 bits per heavy atom. The minimum Gasteiger partial charge on any atom is -0.865 e. The van der Waals surface area contributed by atoms with Crippen LogP contribution in [0.25, 0.3) is 0 Å². The maximum Gasteiger partial charge on any atom is 2.00 e. The molecule has 0 aromatic rings. The molecule has 0 spiro atoms. The van der Waals surface area contributed by atoms with Gasteiger partial charge in [0.1, 0.15) is 23.7 Å². The molecular formula is C12H14O12Zn. The van der Waals surface area contributed by atoms with Crippen LogP contribution < -0.4 is 10.2 Å². The maximum atomic E-state index is 10.6. The first-order valence-corrected chi connectivity index (χ1v) is 6.35. The van der Waals surface area contributed by atoms with E-state index in [4.69, 9.17) is 30.6 Å². The van der Waals surface area contributed by atoms with Gasteiger partial charge in [0.05, 0.1) is 13.2 Å². The second-order valence-corrected chi connectivity index (χ2v) is 4.58. The standard InChI is InChI=1S/2C6H8O6.Zn/c2*7-1-2(8)5-3(9)4(10)6(11)12-5;/h2*2,5,7-10H,1H2;/q;;+2/p-2/t2*2-,5+;/m00./s1. The molecule has 0 bridgehead atoms. The topological polar surface area (TPSA) is 220 Å². The van der Waals surface area contributed by atoms with E-state index in [0.29, 0.717) is 0 Å². The summed E-state index contributed by atoms with van der Waals surface area (Å²) >= 11 is 0. The van der Waals surface area contributed by atoms with E-state index in [1.54, 1.807) is 0 Å². The zero-order valence-electron chi connectivity index (χ0n) is 12.6. The third kappa shape index (κ3) is 5.03. The van der Waals surface area contributed by atoms with Crippen molar-refractivity contribution in [1.29, 1.82) is 0 Å². The predicted octanol–water partition coefficient (Wildman–Crippen LogP) is -5.21. The van der Waals surface area contributed by atoms with Crippen molar-refractivity contribution in [3.05, 3.63) is 23.0 Å². The van der Waals surface area contributed by atoms with Crippen LogP contribution >= 0.6 is 0 Å². The molecule has 12 nitrogen and oxygen atoms in total. The Balaban J connectivity index is 0.000000443. The number of rotatable bonds is 4. The van der Waals surface area contributed by atoms with Crippen molar-refractivity contribution in [3.8, 4) is 0 Å². The van der Waals surface area contributed by atoms with Crippen LogP contribution in [0.15, 0.2) is 23.0 Å². The average Bonchev–Trinajstić information content (AvgIpc) is 2.98. The van der Waals surface area contributed by atoms with E-state index in [9.17, 15) is 19.8 Å². The van der Waals surface area contributed by atoms with Crippen molar-refractivity contribution in [2.45, 2.75) is 24.4 Å². The van der Waals surface area contributed by atoms with Crippen molar-refractivity contribution in [1.82, 2.24) is 0 Å². The van der Waals surface area contributed by atoms with Crippen molar-refractivity contribution < 1.29 is 79.4 Å². The van der Waals surface area contributed by atoms with Gasteiger partial charge in [0.15, 0.2) is 12.2 Å². The zero-order chi connectivity index (χ0) is 18.6. The number of ether oxygens (including phenoxy) is 2. The Morgan fingerprint density at radius 2 is 1.12 bits per heavy atom. The summed E-state index contributed by atoms with van der Waals surface area (Å²) in [6.45, 7) is -1.40. The molecule has 0 amide bonds. The monoisotopic (exact) mass is 414 g/mol. The summed E-state index contributed by atoms with van der Waals surface area (Å²) in [6.07, 6.45) is -5.76. The molecule has 0 aromatic carbocycles. The molecule has 2 aliphatic rings. The number of carbonyl (C=O) groups is 2. The summed E-state index contributed by atoms with van der Waals surface area (Å²) in [5.74, 6) is -6.50. The molecule has 0 fully saturated rings. The molecule has 136 valence electrons. The van der Waals surface area contributed by atoms with Gasteiger partial charge >= 0.3 is 31.4 Å². The summed E-state index contributed by atoms with van der Waals surface area (Å²) in [7, 11) is 0. The van der Waals surface area contributed by atoms with Gasteiger partial charge in [-0.2, -0.15) is 0 Å². The van der Waals surface area contributed by atoms with E-state index in [0.717, 1.165) is 0 Å². The average molecular weight is 416 g/mol. The van der Waals surface area contributed by atoms with Crippen molar-refractivity contribution in [2.24, 2.45) is 0 Å². The van der Waals surface area contributed by atoms with Crippen molar-refractivity contribution in [3.63, 3.8) is 0 Å². The molecular weight excluding hydrogens is 402 g/mol. The molecule has 4 atom stereocenters. The van der Waals surface area contributed by atoms with Crippen LogP contribution in [0.3, 0.4) is 0 Å². The van der Waals surface area contributed by atoms with Gasteiger partial charge in [-0.05, 0) is 0 Å². The molecule has 0 aromatic heterocycles. The minimum atomic E-state index is -1.46. The number of aliphatic hydroxyl groups is 6. The van der Waals surface area contributed by atoms with E-state index in [-0.39, 0.29) is 19.5 Å². The summed E-state index contributed by atoms with van der Waals surface area (Å²) in [4.78, 5) is 20.9. The van der Waals surface area contributed by atoms with E-state index < -0.39 is 72.6 Å². The largest absolute Gasteiger partial charge is 2.00 e. The molecule has 2 rings (SSSR count). The van der Waals surface area contributed by atoms with Gasteiger partial charge in [-0.25, -0.2) is 9.59 Å². The second-order valence-electron chi connectivity index (χ2n) is 4.58. The Bertz CT molecular complexity index is 520. The molecule has 0 aliphatic carbocycles. The smallest absolute Gasteiger partial charge is 0.865 e. The normalized spacial score (nSPS) is 24.8. The second kappa shape index (κ2) is 9.54. The van der Waals surface area contributed by atoms with Gasteiger partial charge < -0.3 is 50.3 Å². The van der Waals surface area contributed by atoms with Crippen LogP contribution in [0, 0.1) is 0 Å². The molecule has 0 radical (unpaired) electrons. The summed E-state index contributed by atoms with van der Waals surface area (Å²) in [5.41, 5.74) is 0. The maximum absolute atomic E-state index is 10.6. The summed E-state index contributed by atoms with van der Waals surface area (Å²) in [5, 5.41) is 73.5. The van der Waals surface area contributed by atoms with Gasteiger partial charge in [0.2, 0.25) is 0 Å². The fourth-order valence-corrected chi connectivity index (χ4v) is 1.63. The van der Waals surface area contributed by atoms with Crippen LogP contribution in [0.5, 0.6) is 0 Å². The Morgan fingerprint density at radius 3 is 1.28 bits per heavy atom. The van der Waals surface area contributed by atoms with E-state index in [1.165, 1.54) is 0 Å². The van der Waals surface area contributed by atoms with Gasteiger partial charge in [0, 0.05) is 11.5 Å². The van der Waals surface area contributed by atoms with Crippen molar-refractivity contribution in [2.75, 3.05) is 13.2 Å². The molecule has 0 unspecified atom stereocenters. The quantitative estimate of drug-likeness (QED) is 0.187. The fourth-order valence-electron chi connectivity index (χ4n) is 1.63. The van der Waals surface area contributed by atoms with E-state index in [1.807, 2.05) is 0 Å². The number of carbonyl (C=O) groups excluding carboxylic acids is 2. The number of hydrogen-bond donors (Lipinski definition) is 6. The third-order valence-corrected chi connectivity index (χ3v) is 2.92. The number of esters is 2. The SMILES string of the molecule is O=C1O[C@H]([C@@H](O)CO)C(O)=C1[O-].O=C1O[C@H]([C@@H](O)CO)C(O)=C1[O-].[Zn+2]. The molecule has 0 saturated heterocycles. The first-order valence-electron chi connectivity index (χ1n) is 6.35. The van der Waals surface area contributed by atoms with Crippen LogP contribution in [0.1, 0.15) is 0 Å². The number of aliphatic hydroxyl groups excluding tert-OH is 6. The molecule has 0 saturated carbocycles. The van der Waals surface area contributed by atoms with Crippen molar-refractivity contribution >= 4 is 11.9 Å². The van der Waals surface area contributed by atoms with Gasteiger partial charge in [-0.1, -0.05) is 0 Å². The van der Waals surface area contributed by atoms with Crippen LogP contribution in [-0.4, -0.2) is 80.2 Å². The summed E-state index contributed by atoms with van der Waals surface area (Å²) in [6, 6.07) is 0. The number of cyclic esters (lactones) is 2. The Hall–Kier alpha value is -1.92. The third-order valence-electron chi connectivity index (χ3n) is 2.92. The van der Waals surface area contributed by atoms with Gasteiger partial charge in [-0.3, -0.25) is 0 Å². The van der Waals surface area contributed by atoms with Crippen LogP contribution in [0.2, 0.25) is 0 Å². The molecule has 25 heavy (non-hydrogen) atoms. The fraction of sp³-hybridized carbons (Fsp3) is 0.500. The first kappa shape index (κ1) is 23.1. The van der Waals surface area contributed by atoms with E-state index in [2.05, 4.69) is 9.47 Å². The molecule has 2 aliphatic heterocycles.